The molecule has 5 heteroatoms. The van der Waals surface area contributed by atoms with E-state index in [4.69, 9.17) is 9.47 Å². The third-order valence-corrected chi connectivity index (χ3v) is 4.31. The molecule has 0 aliphatic carbocycles. The number of piperidine rings is 1. The molecule has 2 heterocycles. The Bertz CT molecular complexity index is 461. The van der Waals surface area contributed by atoms with Crippen LogP contribution in [0.3, 0.4) is 0 Å². The quantitative estimate of drug-likeness (QED) is 0.916. The number of hydrogen-bond donors (Lipinski definition) is 1. The van der Waals surface area contributed by atoms with Crippen LogP contribution in [0.1, 0.15) is 31.2 Å². The average Bonchev–Trinajstić information content (AvgIpc) is 2.72. The molecule has 0 amide bonds. The van der Waals surface area contributed by atoms with Crippen LogP contribution in [0.2, 0.25) is 0 Å². The van der Waals surface area contributed by atoms with E-state index in [0.29, 0.717) is 0 Å². The van der Waals surface area contributed by atoms with Crippen molar-refractivity contribution in [1.82, 2.24) is 10.4 Å². The Morgan fingerprint density at radius 3 is 2.70 bits per heavy atom. The first-order chi connectivity index (χ1) is 9.83. The maximum absolute atomic E-state index is 5.77. The van der Waals surface area contributed by atoms with Gasteiger partial charge in [0.1, 0.15) is 0 Å². The number of halogens is 1. The van der Waals surface area contributed by atoms with Crippen molar-refractivity contribution in [3.05, 3.63) is 22.2 Å². The van der Waals surface area contributed by atoms with Gasteiger partial charge >= 0.3 is 0 Å². The van der Waals surface area contributed by atoms with Crippen LogP contribution >= 0.6 is 15.9 Å². The number of benzene rings is 1. The van der Waals surface area contributed by atoms with E-state index in [1.165, 1.54) is 24.8 Å². The summed E-state index contributed by atoms with van der Waals surface area (Å²) in [4.78, 5) is 0. The molecule has 1 aromatic rings. The normalized spacial score (nSPS) is 19.6. The number of hydrazine groups is 1. The molecule has 3 rings (SSSR count). The average molecular weight is 341 g/mol. The van der Waals surface area contributed by atoms with Gasteiger partial charge in [0.25, 0.3) is 0 Å². The lowest BCUT2D eigenvalue weighted by Crippen LogP contribution is -2.41. The van der Waals surface area contributed by atoms with Crippen LogP contribution in [-0.4, -0.2) is 31.3 Å². The van der Waals surface area contributed by atoms with Crippen molar-refractivity contribution >= 4 is 15.9 Å². The zero-order valence-electron chi connectivity index (χ0n) is 11.7. The molecule has 110 valence electrons. The Hall–Kier alpha value is -0.780. The van der Waals surface area contributed by atoms with Crippen LogP contribution in [0.4, 0.5) is 0 Å². The van der Waals surface area contributed by atoms with Crippen molar-refractivity contribution in [2.75, 3.05) is 26.3 Å². The highest BCUT2D eigenvalue weighted by molar-refractivity contribution is 9.10. The highest BCUT2D eigenvalue weighted by Gasteiger charge is 2.16. The van der Waals surface area contributed by atoms with Gasteiger partial charge in [-0.15, -0.1) is 0 Å². The molecule has 1 N–H and O–H groups in total. The van der Waals surface area contributed by atoms with E-state index in [2.05, 4.69) is 38.5 Å². The van der Waals surface area contributed by atoms with Gasteiger partial charge in [-0.25, -0.2) is 5.01 Å². The minimum absolute atomic E-state index is 0.719. The Morgan fingerprint density at radius 2 is 1.85 bits per heavy atom. The largest absolute Gasteiger partial charge is 0.490 e. The molecule has 0 saturated carbocycles. The van der Waals surface area contributed by atoms with Crippen LogP contribution in [-0.2, 0) is 6.54 Å². The van der Waals surface area contributed by atoms with Crippen molar-refractivity contribution in [3.63, 3.8) is 0 Å². The molecule has 0 bridgehead atoms. The fourth-order valence-corrected chi connectivity index (χ4v) is 3.25. The third-order valence-electron chi connectivity index (χ3n) is 3.72. The van der Waals surface area contributed by atoms with Gasteiger partial charge in [-0.1, -0.05) is 6.42 Å². The monoisotopic (exact) mass is 340 g/mol. The first kappa shape index (κ1) is 14.2. The molecule has 20 heavy (non-hydrogen) atoms. The molecule has 0 spiro atoms. The molecule has 1 saturated heterocycles. The number of hydrogen-bond acceptors (Lipinski definition) is 4. The van der Waals surface area contributed by atoms with E-state index in [9.17, 15) is 0 Å². The Balaban J connectivity index is 1.67. The summed E-state index contributed by atoms with van der Waals surface area (Å²) in [5, 5.41) is 2.32. The molecule has 2 aliphatic heterocycles. The zero-order chi connectivity index (χ0) is 13.8. The summed E-state index contributed by atoms with van der Waals surface area (Å²) in [7, 11) is 0. The molecular weight excluding hydrogens is 320 g/mol. The van der Waals surface area contributed by atoms with Crippen molar-refractivity contribution in [2.45, 2.75) is 32.2 Å². The maximum Gasteiger partial charge on any atom is 0.175 e. The van der Waals surface area contributed by atoms with E-state index in [-0.39, 0.29) is 0 Å². The van der Waals surface area contributed by atoms with E-state index in [1.807, 2.05) is 0 Å². The van der Waals surface area contributed by atoms with E-state index < -0.39 is 0 Å². The van der Waals surface area contributed by atoms with E-state index in [1.54, 1.807) is 0 Å². The molecule has 0 radical (unpaired) electrons. The summed E-state index contributed by atoms with van der Waals surface area (Å²) in [5.41, 5.74) is 4.72. The van der Waals surface area contributed by atoms with Gasteiger partial charge in [-0.3, -0.25) is 5.43 Å². The second kappa shape index (κ2) is 6.78. The van der Waals surface area contributed by atoms with Gasteiger partial charge in [0.15, 0.2) is 11.5 Å². The van der Waals surface area contributed by atoms with E-state index in [0.717, 1.165) is 55.2 Å². The number of rotatable bonds is 3. The highest BCUT2D eigenvalue weighted by atomic mass is 79.9. The summed E-state index contributed by atoms with van der Waals surface area (Å²) in [6, 6.07) is 4.20. The van der Waals surface area contributed by atoms with Gasteiger partial charge < -0.3 is 9.47 Å². The number of nitrogens with zero attached hydrogens (tertiary/aromatic N) is 1. The van der Waals surface area contributed by atoms with Crippen LogP contribution < -0.4 is 14.9 Å². The van der Waals surface area contributed by atoms with Crippen molar-refractivity contribution < 1.29 is 9.47 Å². The van der Waals surface area contributed by atoms with Gasteiger partial charge in [-0.2, -0.15) is 0 Å². The molecule has 1 fully saturated rings. The second-order valence-electron chi connectivity index (χ2n) is 5.34. The summed E-state index contributed by atoms with van der Waals surface area (Å²) < 4.78 is 12.5. The fraction of sp³-hybridized carbons (Fsp3) is 0.600. The first-order valence-corrected chi connectivity index (χ1v) is 8.19. The summed E-state index contributed by atoms with van der Waals surface area (Å²) in [6.07, 6.45) is 4.87. The van der Waals surface area contributed by atoms with Gasteiger partial charge in [0.05, 0.1) is 17.7 Å². The standard InChI is InChI=1S/C15H21BrN2O2/c16-13-9-12(11-17-18-5-2-1-3-6-18)10-14-15(13)20-8-4-7-19-14/h9-10,17H,1-8,11H2. The van der Waals surface area contributed by atoms with Crippen molar-refractivity contribution in [3.8, 4) is 11.5 Å². The number of nitrogens with one attached hydrogen (secondary N) is 1. The second-order valence-corrected chi connectivity index (χ2v) is 6.19. The molecule has 0 aromatic heterocycles. The predicted octanol–water partition coefficient (Wildman–Crippen LogP) is 3.10. The zero-order valence-corrected chi connectivity index (χ0v) is 13.2. The summed E-state index contributed by atoms with van der Waals surface area (Å²) in [5.74, 6) is 1.69. The Morgan fingerprint density at radius 1 is 1.05 bits per heavy atom. The summed E-state index contributed by atoms with van der Waals surface area (Å²) >= 11 is 3.59. The Labute approximate surface area is 128 Å². The molecular formula is C15H21BrN2O2. The first-order valence-electron chi connectivity index (χ1n) is 7.39. The van der Waals surface area contributed by atoms with Gasteiger partial charge in [0, 0.05) is 26.1 Å². The van der Waals surface area contributed by atoms with Crippen LogP contribution in [0, 0.1) is 0 Å². The van der Waals surface area contributed by atoms with Crippen LogP contribution in [0.5, 0.6) is 11.5 Å². The summed E-state index contributed by atoms with van der Waals surface area (Å²) in [6.45, 7) is 4.56. The maximum atomic E-state index is 5.77. The smallest absolute Gasteiger partial charge is 0.175 e. The molecule has 1 aromatic carbocycles. The topological polar surface area (TPSA) is 33.7 Å². The lowest BCUT2D eigenvalue weighted by atomic mass is 10.1. The van der Waals surface area contributed by atoms with Crippen LogP contribution in [0.15, 0.2) is 16.6 Å². The van der Waals surface area contributed by atoms with Gasteiger partial charge in [-0.05, 0) is 46.5 Å². The van der Waals surface area contributed by atoms with Crippen molar-refractivity contribution in [2.24, 2.45) is 0 Å². The third kappa shape index (κ3) is 3.45. The highest BCUT2D eigenvalue weighted by Crippen LogP contribution is 2.38. The minimum Gasteiger partial charge on any atom is -0.490 e. The van der Waals surface area contributed by atoms with Crippen molar-refractivity contribution in [1.29, 1.82) is 0 Å². The van der Waals surface area contributed by atoms with Crippen LogP contribution in [0.25, 0.3) is 0 Å². The van der Waals surface area contributed by atoms with Gasteiger partial charge in [0.2, 0.25) is 0 Å². The molecule has 4 nitrogen and oxygen atoms in total. The molecule has 0 unspecified atom stereocenters. The fourth-order valence-electron chi connectivity index (χ4n) is 2.64. The predicted molar refractivity (Wildman–Crippen MR) is 82.0 cm³/mol. The molecule has 2 aliphatic rings. The number of fused-ring (bicyclic) bond motifs is 1. The minimum atomic E-state index is 0.719. The lowest BCUT2D eigenvalue weighted by molar-refractivity contribution is 0.151. The number of ether oxygens (including phenoxy) is 2. The van der Waals surface area contributed by atoms with E-state index >= 15 is 0 Å². The Kier molecular flexibility index (Phi) is 4.81. The lowest BCUT2D eigenvalue weighted by Gasteiger charge is -2.27. The SMILES string of the molecule is Brc1cc(CNN2CCCCC2)cc2c1OCCCO2. The molecule has 0 atom stereocenters.